The molecule has 0 amide bonds. The highest BCUT2D eigenvalue weighted by atomic mass is 16.5. The summed E-state index contributed by atoms with van der Waals surface area (Å²) >= 11 is 0. The van der Waals surface area contributed by atoms with Crippen molar-refractivity contribution in [3.63, 3.8) is 0 Å². The van der Waals surface area contributed by atoms with Crippen LogP contribution in [0.2, 0.25) is 0 Å². The monoisotopic (exact) mass is 367 g/mol. The Hall–Kier alpha value is -2.34. The van der Waals surface area contributed by atoms with E-state index in [1.54, 1.807) is 0 Å². The number of guanidine groups is 1. The fourth-order valence-corrected chi connectivity index (χ4v) is 3.87. The second-order valence-electron chi connectivity index (χ2n) is 7.82. The molecular formula is C21H29N5O. The quantitative estimate of drug-likeness (QED) is 0.651. The Morgan fingerprint density at radius 3 is 2.81 bits per heavy atom. The first kappa shape index (κ1) is 18.0. The Kier molecular flexibility index (Phi) is 5.16. The summed E-state index contributed by atoms with van der Waals surface area (Å²) in [4.78, 5) is 6.84. The summed E-state index contributed by atoms with van der Waals surface area (Å²) in [6.45, 7) is 3.35. The van der Waals surface area contributed by atoms with Gasteiger partial charge in [-0.15, -0.1) is 0 Å². The number of rotatable bonds is 5. The van der Waals surface area contributed by atoms with Crippen molar-refractivity contribution in [3.05, 3.63) is 53.9 Å². The first-order valence-corrected chi connectivity index (χ1v) is 9.77. The normalized spacial score (nSPS) is 21.9. The number of hydrogen-bond acceptors (Lipinski definition) is 3. The summed E-state index contributed by atoms with van der Waals surface area (Å²) in [5, 5.41) is 7.91. The molecule has 1 aliphatic carbocycles. The maximum Gasteiger partial charge on any atom is 0.193 e. The summed E-state index contributed by atoms with van der Waals surface area (Å²) in [6, 6.07) is 10.8. The van der Waals surface area contributed by atoms with Crippen LogP contribution in [-0.2, 0) is 18.2 Å². The van der Waals surface area contributed by atoms with E-state index in [0.29, 0.717) is 12.0 Å². The molecule has 4 rings (SSSR count). The largest absolute Gasteiger partial charge is 0.370 e. The van der Waals surface area contributed by atoms with Gasteiger partial charge in [-0.05, 0) is 30.2 Å². The van der Waals surface area contributed by atoms with Gasteiger partial charge >= 0.3 is 0 Å². The Balaban J connectivity index is 1.35. The molecule has 1 saturated carbocycles. The third kappa shape index (κ3) is 4.33. The fraction of sp³-hybridized carbons (Fsp3) is 0.524. The lowest BCUT2D eigenvalue weighted by atomic mass is 9.96. The third-order valence-electron chi connectivity index (χ3n) is 5.67. The van der Waals surface area contributed by atoms with E-state index >= 15 is 0 Å². The van der Waals surface area contributed by atoms with E-state index in [1.807, 2.05) is 31.2 Å². The Bertz CT molecular complexity index is 781. The first-order chi connectivity index (χ1) is 13.2. The molecule has 0 spiro atoms. The molecule has 144 valence electrons. The lowest BCUT2D eigenvalue weighted by Crippen LogP contribution is -2.49. The number of aliphatic imine (C=N–C) groups is 1. The number of nitrogens with one attached hydrogen (secondary N) is 1. The van der Waals surface area contributed by atoms with E-state index < -0.39 is 0 Å². The van der Waals surface area contributed by atoms with E-state index in [2.05, 4.69) is 50.6 Å². The zero-order chi connectivity index (χ0) is 18.7. The third-order valence-corrected chi connectivity index (χ3v) is 5.67. The van der Waals surface area contributed by atoms with E-state index in [0.717, 1.165) is 37.6 Å². The SMILES string of the molecule is CN=C(NCC1(Cc2ccccc2)CC1)N1CCOC(c2cnn(C)c2)C1. The van der Waals surface area contributed by atoms with Crippen molar-refractivity contribution in [2.45, 2.75) is 25.4 Å². The number of morpholine rings is 1. The van der Waals surface area contributed by atoms with E-state index in [4.69, 9.17) is 4.74 Å². The standard InChI is InChI=1S/C21H29N5O/c1-22-20(23-16-21(8-9-21)12-17-6-4-3-5-7-17)26-10-11-27-19(15-26)18-13-24-25(2)14-18/h3-7,13-14,19H,8-12,15-16H2,1-2H3,(H,22,23). The molecule has 1 saturated heterocycles. The lowest BCUT2D eigenvalue weighted by molar-refractivity contribution is -0.00809. The summed E-state index contributed by atoms with van der Waals surface area (Å²) < 4.78 is 7.79. The van der Waals surface area contributed by atoms with E-state index in [-0.39, 0.29) is 6.10 Å². The van der Waals surface area contributed by atoms with Gasteiger partial charge in [-0.25, -0.2) is 0 Å². The first-order valence-electron chi connectivity index (χ1n) is 9.77. The molecule has 1 atom stereocenters. The molecule has 0 radical (unpaired) electrons. The smallest absolute Gasteiger partial charge is 0.193 e. The molecule has 1 unspecified atom stereocenters. The lowest BCUT2D eigenvalue weighted by Gasteiger charge is -2.35. The van der Waals surface area contributed by atoms with Crippen LogP contribution in [0.5, 0.6) is 0 Å². The molecular weight excluding hydrogens is 338 g/mol. The molecule has 1 aliphatic heterocycles. The number of ether oxygens (including phenoxy) is 1. The van der Waals surface area contributed by atoms with Gasteiger partial charge in [-0.2, -0.15) is 5.10 Å². The van der Waals surface area contributed by atoms with Crippen LogP contribution in [0.1, 0.15) is 30.1 Å². The highest BCUT2D eigenvalue weighted by molar-refractivity contribution is 5.80. The van der Waals surface area contributed by atoms with Crippen LogP contribution in [0.4, 0.5) is 0 Å². The molecule has 1 aromatic heterocycles. The molecule has 1 N–H and O–H groups in total. The number of benzene rings is 1. The summed E-state index contributed by atoms with van der Waals surface area (Å²) in [5.74, 6) is 0.978. The van der Waals surface area contributed by atoms with Crippen molar-refractivity contribution in [3.8, 4) is 0 Å². The van der Waals surface area contributed by atoms with Gasteiger partial charge in [0.2, 0.25) is 0 Å². The van der Waals surface area contributed by atoms with Gasteiger partial charge in [0.05, 0.1) is 19.3 Å². The average molecular weight is 367 g/mol. The van der Waals surface area contributed by atoms with Crippen molar-refractivity contribution in [2.24, 2.45) is 17.5 Å². The van der Waals surface area contributed by atoms with Crippen LogP contribution in [0.3, 0.4) is 0 Å². The number of hydrogen-bond donors (Lipinski definition) is 1. The summed E-state index contributed by atoms with van der Waals surface area (Å²) in [5.41, 5.74) is 2.93. The predicted molar refractivity (Wildman–Crippen MR) is 107 cm³/mol. The Morgan fingerprint density at radius 1 is 1.33 bits per heavy atom. The second kappa shape index (κ2) is 7.72. The topological polar surface area (TPSA) is 54.7 Å². The molecule has 27 heavy (non-hydrogen) atoms. The van der Waals surface area contributed by atoms with Crippen molar-refractivity contribution in [1.82, 2.24) is 20.0 Å². The maximum absolute atomic E-state index is 5.96. The minimum atomic E-state index is 0.0465. The van der Waals surface area contributed by atoms with Crippen LogP contribution in [-0.4, -0.2) is 53.9 Å². The molecule has 2 aromatic rings. The Morgan fingerprint density at radius 2 is 2.15 bits per heavy atom. The molecule has 6 nitrogen and oxygen atoms in total. The number of nitrogens with zero attached hydrogens (tertiary/aromatic N) is 4. The summed E-state index contributed by atoms with van der Waals surface area (Å²) in [6.07, 6.45) is 7.68. The van der Waals surface area contributed by atoms with Gasteiger partial charge in [0, 0.05) is 38.9 Å². The van der Waals surface area contributed by atoms with Crippen LogP contribution in [0, 0.1) is 5.41 Å². The van der Waals surface area contributed by atoms with Crippen molar-refractivity contribution in [2.75, 3.05) is 33.3 Å². The van der Waals surface area contributed by atoms with Crippen LogP contribution in [0.15, 0.2) is 47.7 Å². The van der Waals surface area contributed by atoms with Crippen molar-refractivity contribution >= 4 is 5.96 Å². The van der Waals surface area contributed by atoms with Gasteiger partial charge in [-0.3, -0.25) is 9.67 Å². The maximum atomic E-state index is 5.96. The van der Waals surface area contributed by atoms with E-state index in [9.17, 15) is 0 Å². The average Bonchev–Trinajstić information content (AvgIpc) is 3.32. The highest BCUT2D eigenvalue weighted by Gasteiger charge is 2.42. The van der Waals surface area contributed by atoms with E-state index in [1.165, 1.54) is 18.4 Å². The molecule has 2 fully saturated rings. The van der Waals surface area contributed by atoms with Gasteiger partial charge in [0.25, 0.3) is 0 Å². The molecule has 1 aromatic carbocycles. The fourth-order valence-electron chi connectivity index (χ4n) is 3.87. The van der Waals surface area contributed by atoms with Crippen molar-refractivity contribution < 1.29 is 4.74 Å². The second-order valence-corrected chi connectivity index (χ2v) is 7.82. The zero-order valence-electron chi connectivity index (χ0n) is 16.3. The van der Waals surface area contributed by atoms with Crippen LogP contribution in [0.25, 0.3) is 0 Å². The minimum Gasteiger partial charge on any atom is -0.370 e. The molecule has 0 bridgehead atoms. The Labute approximate surface area is 161 Å². The molecule has 6 heteroatoms. The highest BCUT2D eigenvalue weighted by Crippen LogP contribution is 2.47. The van der Waals surface area contributed by atoms with Gasteiger partial charge < -0.3 is 15.0 Å². The molecule has 2 aliphatic rings. The zero-order valence-corrected chi connectivity index (χ0v) is 16.3. The number of aromatic nitrogens is 2. The molecule has 2 heterocycles. The predicted octanol–water partition coefficient (Wildman–Crippen LogP) is 2.39. The van der Waals surface area contributed by atoms with Gasteiger partial charge in [-0.1, -0.05) is 30.3 Å². The van der Waals surface area contributed by atoms with Crippen LogP contribution >= 0.6 is 0 Å². The summed E-state index contributed by atoms with van der Waals surface area (Å²) in [7, 11) is 3.81. The van der Waals surface area contributed by atoms with Crippen LogP contribution < -0.4 is 5.32 Å². The van der Waals surface area contributed by atoms with Gasteiger partial charge in [0.1, 0.15) is 6.10 Å². The minimum absolute atomic E-state index is 0.0465. The number of aryl methyl sites for hydroxylation is 1. The van der Waals surface area contributed by atoms with Crippen molar-refractivity contribution in [1.29, 1.82) is 0 Å². The van der Waals surface area contributed by atoms with Gasteiger partial charge in [0.15, 0.2) is 5.96 Å².